The van der Waals surface area contributed by atoms with Gasteiger partial charge in [0.25, 0.3) is 0 Å². The molecule has 0 radical (unpaired) electrons. The highest BCUT2D eigenvalue weighted by atomic mass is 79.9. The molecule has 1 aromatic rings. The molecular weight excluding hydrogens is 292 g/mol. The Balaban J connectivity index is 2.83. The zero-order valence-corrected chi connectivity index (χ0v) is 12.6. The molecule has 4 heteroatoms. The molecule has 0 aliphatic heterocycles. The van der Waals surface area contributed by atoms with Gasteiger partial charge in [0, 0.05) is 29.4 Å². The van der Waals surface area contributed by atoms with E-state index < -0.39 is 0 Å². The summed E-state index contributed by atoms with van der Waals surface area (Å²) in [4.78, 5) is 0. The second-order valence-electron chi connectivity index (χ2n) is 4.08. The fraction of sp³-hybridized carbons (Fsp3) is 0.500. The van der Waals surface area contributed by atoms with Gasteiger partial charge in [0.2, 0.25) is 0 Å². The third kappa shape index (κ3) is 4.42. The van der Waals surface area contributed by atoms with Crippen LogP contribution in [0.4, 0.5) is 5.69 Å². The highest BCUT2D eigenvalue weighted by Crippen LogP contribution is 2.19. The molecule has 0 aromatic heterocycles. The van der Waals surface area contributed by atoms with Crippen LogP contribution in [0.2, 0.25) is 0 Å². The lowest BCUT2D eigenvalue weighted by atomic mass is 10.1. The second-order valence-corrected chi connectivity index (χ2v) is 4.64. The van der Waals surface area contributed by atoms with Crippen LogP contribution in [0, 0.1) is 5.41 Å². The number of ether oxygens (including phenoxy) is 1. The summed E-state index contributed by atoms with van der Waals surface area (Å²) in [7, 11) is 0. The van der Waals surface area contributed by atoms with Crippen LogP contribution in [0.1, 0.15) is 37.8 Å². The summed E-state index contributed by atoms with van der Waals surface area (Å²) >= 11 is 3.43. The molecule has 0 spiro atoms. The molecule has 1 unspecified atom stereocenters. The van der Waals surface area contributed by atoms with E-state index >= 15 is 0 Å². The van der Waals surface area contributed by atoms with Crippen LogP contribution in [-0.4, -0.2) is 19.0 Å². The lowest BCUT2D eigenvalue weighted by Gasteiger charge is -2.20. The van der Waals surface area contributed by atoms with E-state index in [0.29, 0.717) is 6.61 Å². The van der Waals surface area contributed by atoms with E-state index in [-0.39, 0.29) is 6.23 Å². The average Bonchev–Trinajstić information content (AvgIpc) is 2.39. The number of anilines is 1. The second kappa shape index (κ2) is 8.27. The number of nitrogens with one attached hydrogen (secondary N) is 2. The van der Waals surface area contributed by atoms with Gasteiger partial charge in [-0.1, -0.05) is 35.3 Å². The number of hydrogen-bond donors (Lipinski definition) is 2. The largest absolute Gasteiger partial charge is 0.360 e. The van der Waals surface area contributed by atoms with Crippen molar-refractivity contribution in [2.75, 3.05) is 11.9 Å². The van der Waals surface area contributed by atoms with Gasteiger partial charge in [-0.15, -0.1) is 0 Å². The summed E-state index contributed by atoms with van der Waals surface area (Å²) in [5, 5.41) is 11.6. The van der Waals surface area contributed by atoms with Crippen molar-refractivity contribution in [3.63, 3.8) is 0 Å². The molecule has 0 amide bonds. The zero-order chi connectivity index (χ0) is 13.4. The van der Waals surface area contributed by atoms with Gasteiger partial charge in [0.1, 0.15) is 6.23 Å². The number of rotatable bonds is 8. The van der Waals surface area contributed by atoms with Crippen LogP contribution in [0.15, 0.2) is 18.2 Å². The first kappa shape index (κ1) is 15.2. The summed E-state index contributed by atoms with van der Waals surface area (Å²) in [5.41, 5.74) is 3.02. The van der Waals surface area contributed by atoms with Crippen molar-refractivity contribution in [3.05, 3.63) is 29.3 Å². The van der Waals surface area contributed by atoms with Gasteiger partial charge >= 0.3 is 0 Å². The summed E-state index contributed by atoms with van der Waals surface area (Å²) in [5.74, 6) is 0. The molecular formula is C14H21BrN2O. The number of benzene rings is 1. The van der Waals surface area contributed by atoms with E-state index in [4.69, 9.17) is 10.1 Å². The summed E-state index contributed by atoms with van der Waals surface area (Å²) in [6.45, 7) is 4.83. The minimum Gasteiger partial charge on any atom is -0.360 e. The first-order chi connectivity index (χ1) is 8.74. The van der Waals surface area contributed by atoms with Gasteiger partial charge in [0.15, 0.2) is 0 Å². The molecule has 100 valence electrons. The first-order valence-corrected chi connectivity index (χ1v) is 7.44. The van der Waals surface area contributed by atoms with Crippen LogP contribution < -0.4 is 5.32 Å². The monoisotopic (exact) mass is 312 g/mol. The highest BCUT2D eigenvalue weighted by molar-refractivity contribution is 9.08. The Morgan fingerprint density at radius 2 is 2.22 bits per heavy atom. The lowest BCUT2D eigenvalue weighted by Crippen LogP contribution is -2.23. The minimum absolute atomic E-state index is 0.0218. The van der Waals surface area contributed by atoms with Crippen LogP contribution in [0.25, 0.3) is 0 Å². The van der Waals surface area contributed by atoms with Crippen LogP contribution in [0.5, 0.6) is 0 Å². The van der Waals surface area contributed by atoms with Crippen LogP contribution >= 0.6 is 15.9 Å². The van der Waals surface area contributed by atoms with E-state index in [0.717, 1.165) is 29.4 Å². The fourth-order valence-electron chi connectivity index (χ4n) is 1.78. The number of hydrogen-bond acceptors (Lipinski definition) is 3. The van der Waals surface area contributed by atoms with Gasteiger partial charge in [-0.2, -0.15) is 0 Å². The van der Waals surface area contributed by atoms with Crippen molar-refractivity contribution in [1.82, 2.24) is 0 Å². The Labute approximate surface area is 118 Å². The quantitative estimate of drug-likeness (QED) is 0.430. The number of halogens is 1. The van der Waals surface area contributed by atoms with Crippen molar-refractivity contribution < 1.29 is 4.74 Å². The van der Waals surface area contributed by atoms with E-state index in [9.17, 15) is 0 Å². The standard InChI is InChI=1S/C14H21BrN2O/c1-3-5-14(18-4-2)17-13-7-6-11(9-15)8-12(13)10-16/h6-8,10,14,16-17H,3-5,9H2,1-2H3. The smallest absolute Gasteiger partial charge is 0.127 e. The highest BCUT2D eigenvalue weighted by Gasteiger charge is 2.09. The molecule has 0 heterocycles. The Morgan fingerprint density at radius 1 is 1.44 bits per heavy atom. The van der Waals surface area contributed by atoms with Gasteiger partial charge in [0.05, 0.1) is 0 Å². The third-order valence-corrected chi connectivity index (χ3v) is 3.31. The van der Waals surface area contributed by atoms with Gasteiger partial charge in [-0.3, -0.25) is 0 Å². The molecule has 0 fully saturated rings. The Kier molecular flexibility index (Phi) is 6.98. The molecule has 0 bridgehead atoms. The molecule has 1 atom stereocenters. The molecule has 0 saturated heterocycles. The normalized spacial score (nSPS) is 12.2. The first-order valence-electron chi connectivity index (χ1n) is 6.32. The minimum atomic E-state index is 0.0218. The molecule has 0 aliphatic rings. The Hall–Kier alpha value is -0.870. The summed E-state index contributed by atoms with van der Waals surface area (Å²) < 4.78 is 5.65. The number of alkyl halides is 1. The Morgan fingerprint density at radius 3 is 2.78 bits per heavy atom. The van der Waals surface area contributed by atoms with Crippen LogP contribution in [0.3, 0.4) is 0 Å². The van der Waals surface area contributed by atoms with Crippen molar-refractivity contribution in [1.29, 1.82) is 5.41 Å². The maximum Gasteiger partial charge on any atom is 0.127 e. The molecule has 3 nitrogen and oxygen atoms in total. The maximum absolute atomic E-state index is 7.48. The lowest BCUT2D eigenvalue weighted by molar-refractivity contribution is 0.0762. The van der Waals surface area contributed by atoms with E-state index in [1.165, 1.54) is 11.8 Å². The van der Waals surface area contributed by atoms with Crippen molar-refractivity contribution in [2.24, 2.45) is 0 Å². The van der Waals surface area contributed by atoms with E-state index in [2.05, 4.69) is 34.2 Å². The molecule has 1 aromatic carbocycles. The van der Waals surface area contributed by atoms with Crippen LogP contribution in [-0.2, 0) is 10.1 Å². The van der Waals surface area contributed by atoms with Crippen molar-refractivity contribution in [2.45, 2.75) is 38.2 Å². The van der Waals surface area contributed by atoms with Crippen molar-refractivity contribution in [3.8, 4) is 0 Å². The summed E-state index contributed by atoms with van der Waals surface area (Å²) in [6.07, 6.45) is 3.43. The van der Waals surface area contributed by atoms with E-state index in [1.54, 1.807) is 0 Å². The molecule has 2 N–H and O–H groups in total. The van der Waals surface area contributed by atoms with Crippen molar-refractivity contribution >= 4 is 27.8 Å². The SMILES string of the molecule is CCCC(Nc1ccc(CBr)cc1C=N)OCC. The predicted octanol–water partition coefficient (Wildman–Crippen LogP) is 4.15. The molecule has 1 rings (SSSR count). The van der Waals surface area contributed by atoms with Gasteiger partial charge in [-0.05, 0) is 31.0 Å². The predicted molar refractivity (Wildman–Crippen MR) is 80.9 cm³/mol. The maximum atomic E-state index is 7.48. The van der Waals surface area contributed by atoms with E-state index in [1.807, 2.05) is 19.1 Å². The Bertz CT molecular complexity index is 376. The fourth-order valence-corrected chi connectivity index (χ4v) is 2.13. The topological polar surface area (TPSA) is 45.1 Å². The zero-order valence-electron chi connectivity index (χ0n) is 11.0. The van der Waals surface area contributed by atoms with Gasteiger partial charge in [-0.25, -0.2) is 0 Å². The van der Waals surface area contributed by atoms with Gasteiger partial charge < -0.3 is 15.5 Å². The molecule has 0 aliphatic carbocycles. The molecule has 0 saturated carbocycles. The average molecular weight is 313 g/mol. The third-order valence-electron chi connectivity index (χ3n) is 2.66. The summed E-state index contributed by atoms with van der Waals surface area (Å²) in [6, 6.07) is 6.08. The molecule has 18 heavy (non-hydrogen) atoms.